The van der Waals surface area contributed by atoms with Gasteiger partial charge in [-0.25, -0.2) is 9.59 Å². The van der Waals surface area contributed by atoms with Crippen molar-refractivity contribution in [3.05, 3.63) is 0 Å². The van der Waals surface area contributed by atoms with Crippen molar-refractivity contribution in [2.45, 2.75) is 78.6 Å². The van der Waals surface area contributed by atoms with Gasteiger partial charge in [-0.05, 0) is 32.1 Å². The van der Waals surface area contributed by atoms with Gasteiger partial charge in [-0.3, -0.25) is 0 Å². The summed E-state index contributed by atoms with van der Waals surface area (Å²) in [6.07, 6.45) is 0.438. The molecule has 7 nitrogen and oxygen atoms in total. The van der Waals surface area contributed by atoms with Crippen molar-refractivity contribution in [2.75, 3.05) is 6.54 Å². The molecule has 5 N–H and O–H groups in total. The van der Waals surface area contributed by atoms with E-state index in [1.807, 2.05) is 34.6 Å². The zero-order valence-electron chi connectivity index (χ0n) is 15.8. The number of nitrogens with one attached hydrogen (secondary N) is 1. The van der Waals surface area contributed by atoms with Gasteiger partial charge in [0.1, 0.15) is 6.04 Å². The molecule has 24 heavy (non-hydrogen) atoms. The second-order valence-electron chi connectivity index (χ2n) is 7.26. The lowest BCUT2D eigenvalue weighted by molar-refractivity contribution is -0.140. The van der Waals surface area contributed by atoms with E-state index in [0.29, 0.717) is 18.8 Å². The molecular formula is C17H35N3O4. The molecule has 0 fully saturated rings. The predicted molar refractivity (Wildman–Crippen MR) is 94.7 cm³/mol. The van der Waals surface area contributed by atoms with E-state index in [-0.39, 0.29) is 18.5 Å². The molecular weight excluding hydrogens is 310 g/mol. The number of hydrogen-bond acceptors (Lipinski definition) is 4. The van der Waals surface area contributed by atoms with Crippen molar-refractivity contribution in [3.8, 4) is 0 Å². The van der Waals surface area contributed by atoms with Crippen LogP contribution in [0.4, 0.5) is 4.79 Å². The number of carboxylic acid groups (broad SMARTS) is 1. The van der Waals surface area contributed by atoms with Gasteiger partial charge in [0, 0.05) is 12.1 Å². The van der Waals surface area contributed by atoms with E-state index >= 15 is 0 Å². The first-order chi connectivity index (χ1) is 11.0. The number of carboxylic acids is 1. The Morgan fingerprint density at radius 1 is 1.17 bits per heavy atom. The maximum Gasteiger partial charge on any atom is 0.326 e. The van der Waals surface area contributed by atoms with Gasteiger partial charge in [-0.15, -0.1) is 0 Å². The molecule has 2 unspecified atom stereocenters. The summed E-state index contributed by atoms with van der Waals surface area (Å²) in [5.74, 6) is -0.898. The average molecular weight is 345 g/mol. The SMILES string of the molecule is CCC(C)[C@H](NC(=O)N(CC(O)[C@@H](N)CC(C)C)C(C)C)C(=O)O. The summed E-state index contributed by atoms with van der Waals surface area (Å²) >= 11 is 0. The van der Waals surface area contributed by atoms with E-state index in [0.717, 1.165) is 0 Å². The standard InChI is InChI=1S/C17H35N3O4/c1-7-12(6)15(16(22)23)19-17(24)20(11(4)5)9-14(21)13(18)8-10(2)3/h10-15,21H,7-9,18H2,1-6H3,(H,19,24)(H,22,23)/t12?,13-,14?,15-/m0/s1. The molecule has 0 aliphatic carbocycles. The van der Waals surface area contributed by atoms with Crippen LogP contribution >= 0.6 is 0 Å². The summed E-state index contributed by atoms with van der Waals surface area (Å²) in [6.45, 7) is 11.4. The first-order valence-electron chi connectivity index (χ1n) is 8.74. The molecule has 0 aromatic heterocycles. The summed E-state index contributed by atoms with van der Waals surface area (Å²) in [5, 5.41) is 22.2. The van der Waals surface area contributed by atoms with Gasteiger partial charge in [-0.1, -0.05) is 34.1 Å². The van der Waals surface area contributed by atoms with Crippen LogP contribution in [0.3, 0.4) is 0 Å². The maximum absolute atomic E-state index is 12.5. The summed E-state index contributed by atoms with van der Waals surface area (Å²) in [6, 6.07) is -2.06. The minimum absolute atomic E-state index is 0.0736. The van der Waals surface area contributed by atoms with Crippen molar-refractivity contribution in [1.29, 1.82) is 0 Å². The lowest BCUT2D eigenvalue weighted by Gasteiger charge is -2.33. The predicted octanol–water partition coefficient (Wildman–Crippen LogP) is 1.64. The van der Waals surface area contributed by atoms with Crippen molar-refractivity contribution in [1.82, 2.24) is 10.2 Å². The third-order valence-corrected chi connectivity index (χ3v) is 4.26. The number of amides is 2. The number of urea groups is 1. The van der Waals surface area contributed by atoms with Crippen LogP contribution in [0.15, 0.2) is 0 Å². The molecule has 0 rings (SSSR count). The maximum atomic E-state index is 12.5. The van der Waals surface area contributed by atoms with Gasteiger partial charge in [0.2, 0.25) is 0 Å². The quantitative estimate of drug-likeness (QED) is 0.480. The van der Waals surface area contributed by atoms with E-state index in [2.05, 4.69) is 5.32 Å². The number of aliphatic carboxylic acids is 1. The van der Waals surface area contributed by atoms with Gasteiger partial charge >= 0.3 is 12.0 Å². The average Bonchev–Trinajstić information content (AvgIpc) is 2.47. The molecule has 0 saturated carbocycles. The van der Waals surface area contributed by atoms with Crippen LogP contribution in [-0.4, -0.2) is 57.9 Å². The Kier molecular flexibility index (Phi) is 9.92. The van der Waals surface area contributed by atoms with E-state index in [1.54, 1.807) is 6.92 Å². The fourth-order valence-electron chi connectivity index (χ4n) is 2.47. The van der Waals surface area contributed by atoms with Gasteiger partial charge in [0.05, 0.1) is 12.6 Å². The number of aliphatic hydroxyl groups is 1. The molecule has 0 heterocycles. The molecule has 0 radical (unpaired) electrons. The van der Waals surface area contributed by atoms with Gasteiger partial charge in [0.15, 0.2) is 0 Å². The van der Waals surface area contributed by atoms with Crippen LogP contribution in [-0.2, 0) is 4.79 Å². The monoisotopic (exact) mass is 345 g/mol. The number of hydrogen-bond donors (Lipinski definition) is 4. The normalized spacial score (nSPS) is 16.6. The fourth-order valence-corrected chi connectivity index (χ4v) is 2.47. The summed E-state index contributed by atoms with van der Waals surface area (Å²) in [5.41, 5.74) is 5.98. The van der Waals surface area contributed by atoms with E-state index in [4.69, 9.17) is 5.73 Å². The Labute approximate surface area is 145 Å². The third-order valence-electron chi connectivity index (χ3n) is 4.26. The molecule has 0 aromatic rings. The second-order valence-corrected chi connectivity index (χ2v) is 7.26. The van der Waals surface area contributed by atoms with Crippen LogP contribution < -0.4 is 11.1 Å². The molecule has 7 heteroatoms. The molecule has 0 aromatic carbocycles. The topological polar surface area (TPSA) is 116 Å². The molecule has 0 saturated heterocycles. The van der Waals surface area contributed by atoms with E-state index in [9.17, 15) is 19.8 Å². The third kappa shape index (κ3) is 7.49. The molecule has 0 bridgehead atoms. The highest BCUT2D eigenvalue weighted by Gasteiger charge is 2.30. The van der Waals surface area contributed by atoms with Crippen molar-refractivity contribution >= 4 is 12.0 Å². The lowest BCUT2D eigenvalue weighted by atomic mass is 9.99. The second kappa shape index (κ2) is 10.5. The number of nitrogens with two attached hydrogens (primary N) is 1. The molecule has 142 valence electrons. The molecule has 0 aliphatic rings. The van der Waals surface area contributed by atoms with Crippen LogP contribution in [0.1, 0.15) is 54.4 Å². The molecule has 0 spiro atoms. The van der Waals surface area contributed by atoms with Crippen LogP contribution in [0.5, 0.6) is 0 Å². The van der Waals surface area contributed by atoms with Gasteiger partial charge < -0.3 is 26.2 Å². The van der Waals surface area contributed by atoms with Crippen LogP contribution in [0, 0.1) is 11.8 Å². The summed E-state index contributed by atoms with van der Waals surface area (Å²) in [4.78, 5) is 25.3. The Hall–Kier alpha value is -1.34. The van der Waals surface area contributed by atoms with E-state index < -0.39 is 30.2 Å². The Balaban J connectivity index is 4.97. The first-order valence-corrected chi connectivity index (χ1v) is 8.74. The lowest BCUT2D eigenvalue weighted by Crippen LogP contribution is -2.55. The van der Waals surface area contributed by atoms with Gasteiger partial charge in [0.25, 0.3) is 0 Å². The highest BCUT2D eigenvalue weighted by atomic mass is 16.4. The number of carbonyl (C=O) groups excluding carboxylic acids is 1. The zero-order valence-corrected chi connectivity index (χ0v) is 15.8. The first kappa shape index (κ1) is 22.7. The number of aliphatic hydroxyl groups excluding tert-OH is 1. The van der Waals surface area contributed by atoms with Crippen LogP contribution in [0.2, 0.25) is 0 Å². The minimum Gasteiger partial charge on any atom is -0.480 e. The molecule has 2 amide bonds. The smallest absolute Gasteiger partial charge is 0.326 e. The number of nitrogens with zero attached hydrogens (tertiary/aromatic N) is 1. The van der Waals surface area contributed by atoms with E-state index in [1.165, 1.54) is 4.90 Å². The zero-order chi connectivity index (χ0) is 19.0. The summed E-state index contributed by atoms with van der Waals surface area (Å²) < 4.78 is 0. The Morgan fingerprint density at radius 2 is 1.71 bits per heavy atom. The molecule has 4 atom stereocenters. The van der Waals surface area contributed by atoms with Crippen molar-refractivity contribution < 1.29 is 19.8 Å². The molecule has 0 aliphatic heterocycles. The largest absolute Gasteiger partial charge is 0.480 e. The highest BCUT2D eigenvalue weighted by Crippen LogP contribution is 2.12. The number of rotatable bonds is 10. The highest BCUT2D eigenvalue weighted by molar-refractivity contribution is 5.83. The summed E-state index contributed by atoms with van der Waals surface area (Å²) in [7, 11) is 0. The Bertz CT molecular complexity index is 401. The van der Waals surface area contributed by atoms with Crippen molar-refractivity contribution in [2.24, 2.45) is 17.6 Å². The van der Waals surface area contributed by atoms with Crippen molar-refractivity contribution in [3.63, 3.8) is 0 Å². The minimum atomic E-state index is -1.06. The Morgan fingerprint density at radius 3 is 2.08 bits per heavy atom. The number of carbonyl (C=O) groups is 2. The van der Waals surface area contributed by atoms with Gasteiger partial charge in [-0.2, -0.15) is 0 Å². The fraction of sp³-hybridized carbons (Fsp3) is 0.882. The van der Waals surface area contributed by atoms with Crippen LogP contribution in [0.25, 0.3) is 0 Å².